The number of amides is 1. The number of hydrogen-bond acceptors (Lipinski definition) is 4. The van der Waals surface area contributed by atoms with E-state index in [1.165, 1.54) is 23.9 Å². The average Bonchev–Trinajstić information content (AvgIpc) is 3.38. The van der Waals surface area contributed by atoms with Gasteiger partial charge in [-0.3, -0.25) is 9.36 Å². The first kappa shape index (κ1) is 26.7. The molecule has 1 unspecified atom stereocenters. The van der Waals surface area contributed by atoms with E-state index in [9.17, 15) is 9.18 Å². The highest BCUT2D eigenvalue weighted by Crippen LogP contribution is 2.30. The molecule has 5 rings (SSSR count). The average molecular weight is 557 g/mol. The summed E-state index contributed by atoms with van der Waals surface area (Å²) >= 11 is 7.84. The smallest absolute Gasteiger partial charge is 0.251 e. The number of nitrogens with one attached hydrogen (secondary N) is 1. The normalized spacial score (nSPS) is 11.8. The van der Waals surface area contributed by atoms with E-state index in [0.29, 0.717) is 27.3 Å². The van der Waals surface area contributed by atoms with E-state index in [1.807, 2.05) is 91.2 Å². The lowest BCUT2D eigenvalue weighted by Crippen LogP contribution is -2.28. The molecule has 0 aliphatic rings. The van der Waals surface area contributed by atoms with Gasteiger partial charge in [-0.1, -0.05) is 84.0 Å². The predicted molar refractivity (Wildman–Crippen MR) is 155 cm³/mol. The van der Waals surface area contributed by atoms with Crippen LogP contribution < -0.4 is 5.32 Å². The van der Waals surface area contributed by atoms with E-state index < -0.39 is 6.04 Å². The zero-order chi connectivity index (χ0) is 27.4. The van der Waals surface area contributed by atoms with E-state index in [2.05, 4.69) is 15.5 Å². The molecule has 0 saturated heterocycles. The number of carbonyl (C=O) groups excluding carboxylic acids is 1. The van der Waals surface area contributed by atoms with Gasteiger partial charge in [0.2, 0.25) is 0 Å². The quantitative estimate of drug-likeness (QED) is 0.198. The van der Waals surface area contributed by atoms with Crippen LogP contribution >= 0.6 is 23.4 Å². The molecule has 39 heavy (non-hydrogen) atoms. The van der Waals surface area contributed by atoms with Gasteiger partial charge in [-0.15, -0.1) is 10.2 Å². The number of benzene rings is 4. The zero-order valence-corrected chi connectivity index (χ0v) is 23.0. The summed E-state index contributed by atoms with van der Waals surface area (Å²) in [6.07, 6.45) is 0. The molecule has 0 aliphatic carbocycles. The van der Waals surface area contributed by atoms with Crippen LogP contribution in [0, 0.1) is 12.7 Å². The van der Waals surface area contributed by atoms with Crippen molar-refractivity contribution < 1.29 is 9.18 Å². The van der Waals surface area contributed by atoms with Crippen LogP contribution in [0.15, 0.2) is 102 Å². The molecule has 0 aliphatic heterocycles. The Hall–Kier alpha value is -3.94. The number of carbonyl (C=O) groups is 1. The largest absolute Gasteiger partial charge is 0.342 e. The summed E-state index contributed by atoms with van der Waals surface area (Å²) in [4.78, 5) is 13.2. The van der Waals surface area contributed by atoms with E-state index in [4.69, 9.17) is 11.6 Å². The van der Waals surface area contributed by atoms with Crippen LogP contribution in [0.25, 0.3) is 16.8 Å². The Kier molecular flexibility index (Phi) is 8.10. The van der Waals surface area contributed by atoms with Gasteiger partial charge >= 0.3 is 0 Å². The van der Waals surface area contributed by atoms with E-state index in [0.717, 1.165) is 27.9 Å². The van der Waals surface area contributed by atoms with Gasteiger partial charge in [0, 0.05) is 16.3 Å². The van der Waals surface area contributed by atoms with Crippen LogP contribution in [-0.2, 0) is 5.75 Å². The molecule has 5 aromatic rings. The molecule has 0 spiro atoms. The Morgan fingerprint density at radius 1 is 0.949 bits per heavy atom. The maximum Gasteiger partial charge on any atom is 0.251 e. The van der Waals surface area contributed by atoms with Crippen molar-refractivity contribution in [3.05, 3.63) is 130 Å². The number of aryl methyl sites for hydroxylation is 1. The number of hydrogen-bond donors (Lipinski definition) is 1. The predicted octanol–water partition coefficient (Wildman–Crippen LogP) is 7.82. The van der Waals surface area contributed by atoms with Crippen LogP contribution in [0.4, 0.5) is 4.39 Å². The van der Waals surface area contributed by atoms with Crippen molar-refractivity contribution in [2.75, 3.05) is 0 Å². The molecule has 0 saturated carbocycles. The standard InChI is InChI=1S/C31H26ClFN4OS/c1-20-8-15-26(32)18-28(20)37-29(35-36-31(37)39-19-22-9-16-27(33)17-10-22)21(2)34-30(38)25-13-11-24(12-14-25)23-6-4-3-5-7-23/h3-18,21H,19H2,1-2H3,(H,34,38). The topological polar surface area (TPSA) is 59.8 Å². The van der Waals surface area contributed by atoms with Crippen molar-refractivity contribution in [2.45, 2.75) is 30.8 Å². The molecule has 8 heteroatoms. The maximum atomic E-state index is 13.4. The van der Waals surface area contributed by atoms with Crippen molar-refractivity contribution in [3.8, 4) is 16.8 Å². The lowest BCUT2D eigenvalue weighted by atomic mass is 10.0. The number of nitrogens with zero attached hydrogens (tertiary/aromatic N) is 3. The van der Waals surface area contributed by atoms with Gasteiger partial charge < -0.3 is 5.32 Å². The van der Waals surface area contributed by atoms with Crippen LogP contribution in [0.5, 0.6) is 0 Å². The summed E-state index contributed by atoms with van der Waals surface area (Å²) in [7, 11) is 0. The Labute approximate surface area is 236 Å². The van der Waals surface area contributed by atoms with Gasteiger partial charge in [0.1, 0.15) is 5.82 Å². The van der Waals surface area contributed by atoms with Gasteiger partial charge in [-0.2, -0.15) is 0 Å². The second-order valence-corrected chi connectivity index (χ2v) is 10.5. The number of aromatic nitrogens is 3. The van der Waals surface area contributed by atoms with Crippen molar-refractivity contribution in [3.63, 3.8) is 0 Å². The van der Waals surface area contributed by atoms with E-state index in [1.54, 1.807) is 12.1 Å². The van der Waals surface area contributed by atoms with Crippen LogP contribution in [-0.4, -0.2) is 20.7 Å². The molecule has 1 atom stereocenters. The molecule has 5 nitrogen and oxygen atoms in total. The highest BCUT2D eigenvalue weighted by molar-refractivity contribution is 7.98. The molecular formula is C31H26ClFN4OS. The van der Waals surface area contributed by atoms with Crippen molar-refractivity contribution in [1.82, 2.24) is 20.1 Å². The molecule has 1 N–H and O–H groups in total. The third kappa shape index (κ3) is 6.21. The minimum atomic E-state index is -0.447. The summed E-state index contributed by atoms with van der Waals surface area (Å²) in [5, 5.41) is 13.2. The maximum absolute atomic E-state index is 13.4. The fourth-order valence-electron chi connectivity index (χ4n) is 4.22. The van der Waals surface area contributed by atoms with Gasteiger partial charge in [-0.05, 0) is 72.5 Å². The fraction of sp³-hybridized carbons (Fsp3) is 0.129. The summed E-state index contributed by atoms with van der Waals surface area (Å²) in [6, 6.07) is 29.1. The Bertz CT molecular complexity index is 1590. The highest BCUT2D eigenvalue weighted by atomic mass is 35.5. The first-order chi connectivity index (χ1) is 18.9. The van der Waals surface area contributed by atoms with E-state index in [-0.39, 0.29) is 11.7 Å². The fourth-order valence-corrected chi connectivity index (χ4v) is 5.30. The Morgan fingerprint density at radius 2 is 1.64 bits per heavy atom. The van der Waals surface area contributed by atoms with Crippen molar-refractivity contribution in [1.29, 1.82) is 0 Å². The minimum absolute atomic E-state index is 0.208. The van der Waals surface area contributed by atoms with Crippen LogP contribution in [0.2, 0.25) is 5.02 Å². The molecule has 4 aromatic carbocycles. The molecule has 1 amide bonds. The van der Waals surface area contributed by atoms with Crippen LogP contribution in [0.3, 0.4) is 0 Å². The number of rotatable bonds is 8. The third-order valence-corrected chi connectivity index (χ3v) is 7.58. The molecular weight excluding hydrogens is 531 g/mol. The zero-order valence-electron chi connectivity index (χ0n) is 21.4. The monoisotopic (exact) mass is 556 g/mol. The van der Waals surface area contributed by atoms with Gasteiger partial charge in [0.05, 0.1) is 11.7 Å². The first-order valence-corrected chi connectivity index (χ1v) is 13.8. The van der Waals surface area contributed by atoms with Crippen molar-refractivity contribution in [2.24, 2.45) is 0 Å². The second kappa shape index (κ2) is 11.8. The Morgan fingerprint density at radius 3 is 2.36 bits per heavy atom. The summed E-state index contributed by atoms with van der Waals surface area (Å²) < 4.78 is 15.3. The minimum Gasteiger partial charge on any atom is -0.342 e. The Balaban J connectivity index is 1.40. The third-order valence-electron chi connectivity index (χ3n) is 6.34. The first-order valence-electron chi connectivity index (χ1n) is 12.4. The van der Waals surface area contributed by atoms with Gasteiger partial charge in [0.25, 0.3) is 5.91 Å². The number of thioether (sulfide) groups is 1. The second-order valence-electron chi connectivity index (χ2n) is 9.16. The van der Waals surface area contributed by atoms with E-state index >= 15 is 0 Å². The SMILES string of the molecule is Cc1ccc(Cl)cc1-n1c(SCc2ccc(F)cc2)nnc1C(C)NC(=O)c1ccc(-c2ccccc2)cc1. The summed E-state index contributed by atoms with van der Waals surface area (Å²) in [5.41, 5.74) is 5.46. The summed E-state index contributed by atoms with van der Waals surface area (Å²) in [5.74, 6) is 0.672. The van der Waals surface area contributed by atoms with Crippen LogP contribution in [0.1, 0.15) is 40.3 Å². The molecule has 196 valence electrons. The van der Waals surface area contributed by atoms with Gasteiger partial charge in [-0.25, -0.2) is 4.39 Å². The molecule has 1 aromatic heterocycles. The lowest BCUT2D eigenvalue weighted by molar-refractivity contribution is 0.0938. The van der Waals surface area contributed by atoms with Crippen molar-refractivity contribution >= 4 is 29.3 Å². The molecule has 1 heterocycles. The number of halogens is 2. The molecule has 0 bridgehead atoms. The molecule has 0 radical (unpaired) electrons. The summed E-state index contributed by atoms with van der Waals surface area (Å²) in [6.45, 7) is 3.87. The highest BCUT2D eigenvalue weighted by Gasteiger charge is 2.23. The lowest BCUT2D eigenvalue weighted by Gasteiger charge is -2.18. The van der Waals surface area contributed by atoms with Gasteiger partial charge in [0.15, 0.2) is 11.0 Å². The molecule has 0 fully saturated rings.